The van der Waals surface area contributed by atoms with Crippen LogP contribution >= 0.6 is 0 Å². The van der Waals surface area contributed by atoms with Crippen molar-refractivity contribution in [3.05, 3.63) is 34.5 Å². The Morgan fingerprint density at radius 2 is 1.58 bits per heavy atom. The molecule has 13 nitrogen and oxygen atoms in total. The first-order valence-electron chi connectivity index (χ1n) is 10.5. The fourth-order valence-corrected chi connectivity index (χ4v) is 3.83. The van der Waals surface area contributed by atoms with E-state index in [0.29, 0.717) is 0 Å². The first-order valence-corrected chi connectivity index (χ1v) is 10.5. The number of carbonyl (C=O) groups is 1. The van der Waals surface area contributed by atoms with Gasteiger partial charge in [0.15, 0.2) is 29.1 Å². The van der Waals surface area contributed by atoms with Crippen LogP contribution in [0, 0.1) is 0 Å². The zero-order valence-corrected chi connectivity index (χ0v) is 18.8. The van der Waals surface area contributed by atoms with Gasteiger partial charge in [-0.3, -0.25) is 9.59 Å². The summed E-state index contributed by atoms with van der Waals surface area (Å²) in [5, 5.41) is 69.9. The van der Waals surface area contributed by atoms with Crippen LogP contribution in [0.15, 0.2) is 33.5 Å². The van der Waals surface area contributed by atoms with E-state index in [1.165, 1.54) is 6.92 Å². The molecule has 5 atom stereocenters. The molecule has 0 bridgehead atoms. The van der Waals surface area contributed by atoms with Gasteiger partial charge >= 0.3 is 5.97 Å². The highest BCUT2D eigenvalue weighted by molar-refractivity contribution is 5.88. The Hall–Kier alpha value is -4.20. The maximum absolute atomic E-state index is 13.4. The van der Waals surface area contributed by atoms with Crippen molar-refractivity contribution in [1.29, 1.82) is 0 Å². The molecule has 2 heterocycles. The number of phenolic OH excluding ortho intramolecular Hbond substituents is 5. The van der Waals surface area contributed by atoms with Crippen LogP contribution in [0.1, 0.15) is 13.8 Å². The van der Waals surface area contributed by atoms with Gasteiger partial charge in [0.05, 0.1) is 6.10 Å². The second-order valence-corrected chi connectivity index (χ2v) is 8.17. The third kappa shape index (κ3) is 4.30. The molecule has 0 spiro atoms. The third-order valence-corrected chi connectivity index (χ3v) is 5.57. The highest BCUT2D eigenvalue weighted by atomic mass is 16.7. The molecule has 0 saturated carbocycles. The van der Waals surface area contributed by atoms with Crippen LogP contribution in [0.2, 0.25) is 0 Å². The van der Waals surface area contributed by atoms with Gasteiger partial charge in [0.25, 0.3) is 0 Å². The molecule has 0 amide bonds. The maximum Gasteiger partial charge on any atom is 0.303 e. The average Bonchev–Trinajstić information content (AvgIpc) is 2.79. The zero-order chi connectivity index (χ0) is 26.5. The van der Waals surface area contributed by atoms with Gasteiger partial charge in [-0.2, -0.15) is 0 Å². The summed E-state index contributed by atoms with van der Waals surface area (Å²) in [6, 6.07) is 3.76. The van der Waals surface area contributed by atoms with E-state index in [-0.39, 0.29) is 11.1 Å². The molecule has 4 rings (SSSR count). The van der Waals surface area contributed by atoms with Gasteiger partial charge in [-0.15, -0.1) is 0 Å². The van der Waals surface area contributed by atoms with Gasteiger partial charge < -0.3 is 54.4 Å². The minimum Gasteiger partial charge on any atom is -0.508 e. The molecule has 1 aliphatic heterocycles. The second kappa shape index (κ2) is 9.11. The lowest BCUT2D eigenvalue weighted by Gasteiger charge is -2.40. The third-order valence-electron chi connectivity index (χ3n) is 5.57. The van der Waals surface area contributed by atoms with Crippen LogP contribution in [-0.4, -0.2) is 72.4 Å². The van der Waals surface area contributed by atoms with Gasteiger partial charge in [-0.25, -0.2) is 0 Å². The van der Waals surface area contributed by atoms with Crippen LogP contribution in [0.4, 0.5) is 0 Å². The number of carbonyl (C=O) groups excluding carboxylic acids is 1. The Morgan fingerprint density at radius 1 is 0.944 bits per heavy atom. The van der Waals surface area contributed by atoms with Crippen LogP contribution in [-0.2, 0) is 14.3 Å². The van der Waals surface area contributed by atoms with Crippen LogP contribution in [0.25, 0.3) is 22.3 Å². The summed E-state index contributed by atoms with van der Waals surface area (Å²) in [6.07, 6.45) is -7.46. The highest BCUT2D eigenvalue weighted by Crippen LogP contribution is 2.43. The van der Waals surface area contributed by atoms with E-state index in [2.05, 4.69) is 0 Å². The Kier molecular flexibility index (Phi) is 6.30. The second-order valence-electron chi connectivity index (χ2n) is 8.17. The summed E-state index contributed by atoms with van der Waals surface area (Å²) in [4.78, 5) is 25.1. The van der Waals surface area contributed by atoms with E-state index in [4.69, 9.17) is 18.6 Å². The lowest BCUT2D eigenvalue weighted by Crippen LogP contribution is -2.59. The monoisotopic (exact) mass is 506 g/mol. The van der Waals surface area contributed by atoms with Crippen molar-refractivity contribution in [3.63, 3.8) is 0 Å². The number of benzene rings is 2. The number of ether oxygens (including phenoxy) is 3. The van der Waals surface area contributed by atoms with Crippen molar-refractivity contribution in [2.75, 3.05) is 0 Å². The Morgan fingerprint density at radius 3 is 2.19 bits per heavy atom. The van der Waals surface area contributed by atoms with E-state index in [0.717, 1.165) is 31.2 Å². The van der Waals surface area contributed by atoms with Gasteiger partial charge in [-0.1, -0.05) is 0 Å². The largest absolute Gasteiger partial charge is 0.508 e. The number of hydrogen-bond donors (Lipinski definition) is 7. The van der Waals surface area contributed by atoms with E-state index in [9.17, 15) is 45.3 Å². The van der Waals surface area contributed by atoms with Crippen molar-refractivity contribution in [3.8, 4) is 45.8 Å². The lowest BCUT2D eigenvalue weighted by atomic mass is 9.99. The molecule has 36 heavy (non-hydrogen) atoms. The average molecular weight is 506 g/mol. The van der Waals surface area contributed by atoms with Crippen molar-refractivity contribution < 1.29 is 59.2 Å². The molecule has 3 aromatic rings. The fraction of sp³-hybridized carbons (Fsp3) is 0.304. The predicted molar refractivity (Wildman–Crippen MR) is 119 cm³/mol. The molecule has 192 valence electrons. The number of rotatable bonds is 4. The van der Waals surface area contributed by atoms with E-state index in [1.807, 2.05) is 0 Å². The molecular weight excluding hydrogens is 484 g/mol. The SMILES string of the molecule is CC(=O)O[C@H]1[C@@H](Oc2c(-c3cc(O)c(O)c(O)c3)oc3cc(O)cc(O)c3c2=O)O[C@@H](C)[C@H](O)[C@H]1O. The summed E-state index contributed by atoms with van der Waals surface area (Å²) in [5.41, 5.74) is -1.50. The molecule has 0 unspecified atom stereocenters. The molecular formula is C23H22O13. The number of fused-ring (bicyclic) bond motifs is 1. The van der Waals surface area contributed by atoms with Crippen molar-refractivity contribution in [2.45, 2.75) is 44.6 Å². The van der Waals surface area contributed by atoms with Gasteiger partial charge in [0.2, 0.25) is 17.5 Å². The molecule has 1 saturated heterocycles. The van der Waals surface area contributed by atoms with Crippen molar-refractivity contribution in [1.82, 2.24) is 0 Å². The molecule has 0 aliphatic carbocycles. The lowest BCUT2D eigenvalue weighted by molar-refractivity contribution is -0.273. The van der Waals surface area contributed by atoms with Crippen LogP contribution in [0.5, 0.6) is 34.5 Å². The minimum atomic E-state index is -1.68. The molecule has 7 N–H and O–H groups in total. The summed E-state index contributed by atoms with van der Waals surface area (Å²) >= 11 is 0. The quantitative estimate of drug-likeness (QED) is 0.192. The summed E-state index contributed by atoms with van der Waals surface area (Å²) in [5.74, 6) is -5.52. The van der Waals surface area contributed by atoms with E-state index >= 15 is 0 Å². The molecule has 1 fully saturated rings. The summed E-state index contributed by atoms with van der Waals surface area (Å²) in [7, 11) is 0. The molecule has 2 aromatic carbocycles. The van der Waals surface area contributed by atoms with E-state index < -0.39 is 87.7 Å². The van der Waals surface area contributed by atoms with Crippen LogP contribution < -0.4 is 10.2 Å². The maximum atomic E-state index is 13.4. The number of aromatic hydroxyl groups is 5. The number of phenols is 5. The number of esters is 1. The minimum absolute atomic E-state index is 0.187. The number of aliphatic hydroxyl groups excluding tert-OH is 2. The highest BCUT2D eigenvalue weighted by Gasteiger charge is 2.47. The Labute approximate surface area is 201 Å². The Bertz CT molecular complexity index is 1370. The number of hydrogen-bond acceptors (Lipinski definition) is 13. The molecule has 0 radical (unpaired) electrons. The number of aliphatic hydroxyl groups is 2. The van der Waals surface area contributed by atoms with Crippen molar-refractivity contribution >= 4 is 16.9 Å². The van der Waals surface area contributed by atoms with Gasteiger partial charge in [0.1, 0.15) is 34.7 Å². The first-order chi connectivity index (χ1) is 16.9. The molecule has 13 heteroatoms. The fourth-order valence-electron chi connectivity index (χ4n) is 3.83. The molecule has 1 aliphatic rings. The Balaban J connectivity index is 1.95. The topological polar surface area (TPSA) is 217 Å². The normalized spacial score (nSPS) is 23.9. The van der Waals surface area contributed by atoms with Crippen LogP contribution in [0.3, 0.4) is 0 Å². The predicted octanol–water partition coefficient (Wildman–Crippen LogP) is 0.765. The van der Waals surface area contributed by atoms with E-state index in [1.54, 1.807) is 0 Å². The van der Waals surface area contributed by atoms with Crippen molar-refractivity contribution in [2.24, 2.45) is 0 Å². The first kappa shape index (κ1) is 24.9. The van der Waals surface area contributed by atoms with Gasteiger partial charge in [0, 0.05) is 24.6 Å². The van der Waals surface area contributed by atoms with Gasteiger partial charge in [-0.05, 0) is 19.1 Å². The summed E-state index contributed by atoms with van der Waals surface area (Å²) in [6.45, 7) is 2.43. The molecule has 1 aromatic heterocycles. The zero-order valence-electron chi connectivity index (χ0n) is 18.8. The summed E-state index contributed by atoms with van der Waals surface area (Å²) < 4.78 is 22.0. The standard InChI is InChI=1S/C23H22O13/c1-7-16(29)19(32)22(34-8(2)24)23(33-7)36-21-18(31)15-11(26)5-10(25)6-14(15)35-20(21)9-3-12(27)17(30)13(28)4-9/h3-7,16,19,22-23,25-30,32H,1-2H3/t7-,16-,19+,22+,23+/m0/s1. The smallest absolute Gasteiger partial charge is 0.303 e.